The van der Waals surface area contributed by atoms with E-state index in [1.165, 1.54) is 0 Å². The van der Waals surface area contributed by atoms with Crippen molar-refractivity contribution in [3.63, 3.8) is 0 Å². The van der Waals surface area contributed by atoms with Gasteiger partial charge in [0.05, 0.1) is 0 Å². The van der Waals surface area contributed by atoms with Gasteiger partial charge in [0.15, 0.2) is 0 Å². The van der Waals surface area contributed by atoms with Crippen LogP contribution in [0, 0.1) is 5.41 Å². The summed E-state index contributed by atoms with van der Waals surface area (Å²) in [5.74, 6) is -0.0810. The molecule has 9 heavy (non-hydrogen) atoms. The van der Waals surface area contributed by atoms with E-state index in [0.29, 0.717) is 0 Å². The molecule has 0 saturated carbocycles. The number of aliphatic hydroxyl groups is 1. The summed E-state index contributed by atoms with van der Waals surface area (Å²) in [5, 5.41) is 15.3. The lowest BCUT2D eigenvalue weighted by atomic mass is 10.2. The zero-order valence-electron chi connectivity index (χ0n) is 6.06. The van der Waals surface area contributed by atoms with Gasteiger partial charge in [-0.3, -0.25) is 5.41 Å². The summed E-state index contributed by atoms with van der Waals surface area (Å²) in [6.45, 7) is 5.17. The van der Waals surface area contributed by atoms with Crippen molar-refractivity contribution >= 4 is 5.90 Å². The van der Waals surface area contributed by atoms with Gasteiger partial charge in [0, 0.05) is 0 Å². The van der Waals surface area contributed by atoms with Gasteiger partial charge in [0.1, 0.15) is 12.2 Å². The molecule has 0 aliphatic rings. The highest BCUT2D eigenvalue weighted by Gasteiger charge is 2.12. The van der Waals surface area contributed by atoms with E-state index in [9.17, 15) is 0 Å². The molecule has 0 amide bonds. The van der Waals surface area contributed by atoms with E-state index >= 15 is 0 Å². The monoisotopic (exact) mass is 131 g/mol. The smallest absolute Gasteiger partial charge is 0.207 e. The number of hydrogen-bond acceptors (Lipinski definition) is 3. The second kappa shape index (κ2) is 2.82. The van der Waals surface area contributed by atoms with E-state index in [1.54, 1.807) is 0 Å². The molecule has 0 fully saturated rings. The Bertz CT molecular complexity index is 104. The van der Waals surface area contributed by atoms with Crippen LogP contribution in [0.2, 0.25) is 0 Å². The van der Waals surface area contributed by atoms with Crippen molar-refractivity contribution in [1.29, 1.82) is 5.41 Å². The SMILES string of the molecule is CC(C)(C)OC(=N)CO. The number of rotatable bonds is 1. The number of ether oxygens (including phenoxy) is 1. The summed E-state index contributed by atoms with van der Waals surface area (Å²) >= 11 is 0. The second-order valence-corrected chi connectivity index (χ2v) is 2.80. The summed E-state index contributed by atoms with van der Waals surface area (Å²) in [7, 11) is 0. The van der Waals surface area contributed by atoms with E-state index in [1.807, 2.05) is 20.8 Å². The fourth-order valence-corrected chi connectivity index (χ4v) is 0.402. The minimum absolute atomic E-state index is 0.0810. The van der Waals surface area contributed by atoms with Crippen LogP contribution in [0.4, 0.5) is 0 Å². The van der Waals surface area contributed by atoms with Crippen molar-refractivity contribution in [2.75, 3.05) is 6.61 Å². The van der Waals surface area contributed by atoms with Gasteiger partial charge in [0.25, 0.3) is 0 Å². The Morgan fingerprint density at radius 2 is 2.00 bits per heavy atom. The van der Waals surface area contributed by atoms with Gasteiger partial charge in [-0.1, -0.05) is 0 Å². The van der Waals surface area contributed by atoms with Crippen molar-refractivity contribution in [2.45, 2.75) is 26.4 Å². The molecule has 0 aliphatic carbocycles. The maximum atomic E-state index is 8.35. The normalized spacial score (nSPS) is 11.1. The van der Waals surface area contributed by atoms with Crippen molar-refractivity contribution < 1.29 is 9.84 Å². The molecule has 0 radical (unpaired) electrons. The highest BCUT2D eigenvalue weighted by Crippen LogP contribution is 2.05. The topological polar surface area (TPSA) is 53.3 Å². The molecule has 0 saturated heterocycles. The number of aliphatic hydroxyl groups excluding tert-OH is 1. The van der Waals surface area contributed by atoms with Gasteiger partial charge < -0.3 is 9.84 Å². The lowest BCUT2D eigenvalue weighted by molar-refractivity contribution is 0.101. The molecule has 54 valence electrons. The zero-order chi connectivity index (χ0) is 7.49. The summed E-state index contributed by atoms with van der Waals surface area (Å²) in [6.07, 6.45) is 0. The first-order valence-electron chi connectivity index (χ1n) is 2.83. The van der Waals surface area contributed by atoms with E-state index < -0.39 is 0 Å². The fraction of sp³-hybridized carbons (Fsp3) is 0.833. The summed E-state index contributed by atoms with van der Waals surface area (Å²) in [6, 6.07) is 0. The van der Waals surface area contributed by atoms with Gasteiger partial charge in [-0.05, 0) is 20.8 Å². The van der Waals surface area contributed by atoms with Crippen LogP contribution in [-0.4, -0.2) is 23.2 Å². The van der Waals surface area contributed by atoms with E-state index in [-0.39, 0.29) is 18.1 Å². The third kappa shape index (κ3) is 5.30. The fourth-order valence-electron chi connectivity index (χ4n) is 0.402. The Balaban J connectivity index is 3.60. The average molecular weight is 131 g/mol. The van der Waals surface area contributed by atoms with Crippen molar-refractivity contribution in [3.05, 3.63) is 0 Å². The van der Waals surface area contributed by atoms with Gasteiger partial charge in [0.2, 0.25) is 5.90 Å². The molecule has 0 bridgehead atoms. The molecule has 0 aromatic rings. The van der Waals surface area contributed by atoms with Crippen molar-refractivity contribution in [1.82, 2.24) is 0 Å². The van der Waals surface area contributed by atoms with Crippen LogP contribution in [0.15, 0.2) is 0 Å². The number of nitrogens with one attached hydrogen (secondary N) is 1. The van der Waals surface area contributed by atoms with Gasteiger partial charge in [-0.25, -0.2) is 0 Å². The Labute approximate surface area is 55.2 Å². The summed E-state index contributed by atoms with van der Waals surface area (Å²) in [5.41, 5.74) is -0.361. The zero-order valence-corrected chi connectivity index (χ0v) is 6.06. The molecule has 3 nitrogen and oxygen atoms in total. The molecule has 0 unspecified atom stereocenters. The molecular weight excluding hydrogens is 118 g/mol. The molecule has 0 aromatic carbocycles. The largest absolute Gasteiger partial charge is 0.474 e. The van der Waals surface area contributed by atoms with E-state index in [4.69, 9.17) is 15.3 Å². The molecule has 0 heterocycles. The van der Waals surface area contributed by atoms with Crippen LogP contribution in [0.3, 0.4) is 0 Å². The highest BCUT2D eigenvalue weighted by molar-refractivity contribution is 5.73. The van der Waals surface area contributed by atoms with Crippen LogP contribution in [0.25, 0.3) is 0 Å². The van der Waals surface area contributed by atoms with E-state index in [0.717, 1.165) is 0 Å². The average Bonchev–Trinajstić information content (AvgIpc) is 1.62. The minimum atomic E-state index is -0.361. The predicted octanol–water partition coefficient (Wildman–Crippen LogP) is 0.771. The van der Waals surface area contributed by atoms with Gasteiger partial charge in [-0.2, -0.15) is 0 Å². The Morgan fingerprint density at radius 1 is 1.56 bits per heavy atom. The van der Waals surface area contributed by atoms with Crippen LogP contribution in [0.5, 0.6) is 0 Å². The minimum Gasteiger partial charge on any atom is -0.474 e. The van der Waals surface area contributed by atoms with Crippen LogP contribution in [-0.2, 0) is 4.74 Å². The quantitative estimate of drug-likeness (QED) is 0.408. The lowest BCUT2D eigenvalue weighted by Crippen LogP contribution is -2.25. The predicted molar refractivity (Wildman–Crippen MR) is 35.7 cm³/mol. The summed E-state index contributed by atoms with van der Waals surface area (Å²) in [4.78, 5) is 0. The highest BCUT2D eigenvalue weighted by atomic mass is 16.5. The molecule has 0 rings (SSSR count). The second-order valence-electron chi connectivity index (χ2n) is 2.80. The summed E-state index contributed by atoms with van der Waals surface area (Å²) < 4.78 is 4.92. The molecule has 3 heteroatoms. The molecule has 0 atom stereocenters. The van der Waals surface area contributed by atoms with Gasteiger partial charge in [-0.15, -0.1) is 0 Å². The first-order valence-corrected chi connectivity index (χ1v) is 2.83. The standard InChI is InChI=1S/C6H13NO2/c1-6(2,3)9-5(7)4-8/h7-8H,4H2,1-3H3. The molecular formula is C6H13NO2. The first kappa shape index (κ1) is 8.43. The third-order valence-electron chi connectivity index (χ3n) is 0.573. The third-order valence-corrected chi connectivity index (χ3v) is 0.573. The first-order chi connectivity index (χ1) is 3.95. The number of hydrogen-bond donors (Lipinski definition) is 2. The Hall–Kier alpha value is -0.570. The maximum absolute atomic E-state index is 8.35. The van der Waals surface area contributed by atoms with Gasteiger partial charge >= 0.3 is 0 Å². The molecule has 0 aliphatic heterocycles. The van der Waals surface area contributed by atoms with Crippen LogP contribution < -0.4 is 0 Å². The lowest BCUT2D eigenvalue weighted by Gasteiger charge is -2.20. The van der Waals surface area contributed by atoms with Crippen molar-refractivity contribution in [3.8, 4) is 0 Å². The Kier molecular flexibility index (Phi) is 2.65. The van der Waals surface area contributed by atoms with Crippen LogP contribution in [0.1, 0.15) is 20.8 Å². The van der Waals surface area contributed by atoms with E-state index in [2.05, 4.69) is 0 Å². The molecule has 0 aromatic heterocycles. The van der Waals surface area contributed by atoms with Crippen molar-refractivity contribution in [2.24, 2.45) is 0 Å². The molecule has 2 N–H and O–H groups in total. The maximum Gasteiger partial charge on any atom is 0.207 e. The van der Waals surface area contributed by atoms with Crippen LogP contribution >= 0.6 is 0 Å². The Morgan fingerprint density at radius 3 is 2.11 bits per heavy atom. The molecule has 0 spiro atoms.